The van der Waals surface area contributed by atoms with Gasteiger partial charge in [-0.15, -0.1) is 0 Å². The van der Waals surface area contributed by atoms with Crippen LogP contribution >= 0.6 is 0 Å². The zero-order valence-corrected chi connectivity index (χ0v) is 30.3. The van der Waals surface area contributed by atoms with Crippen LogP contribution in [0.25, 0.3) is 66.5 Å². The molecule has 0 saturated carbocycles. The molecule has 0 fully saturated rings. The fourth-order valence-electron chi connectivity index (χ4n) is 9.20. The Hall–Kier alpha value is -6.39. The molecule has 0 amide bonds. The number of rotatable bonds is 4. The summed E-state index contributed by atoms with van der Waals surface area (Å²) < 4.78 is 4.54. The van der Waals surface area contributed by atoms with E-state index in [0.29, 0.717) is 11.9 Å². The van der Waals surface area contributed by atoms with Crippen LogP contribution in [0.1, 0.15) is 48.7 Å². The van der Waals surface area contributed by atoms with Gasteiger partial charge < -0.3 is 10.3 Å². The lowest BCUT2D eigenvalue weighted by atomic mass is 9.76. The van der Waals surface area contributed by atoms with Gasteiger partial charge in [0.2, 0.25) is 5.96 Å². The van der Waals surface area contributed by atoms with Crippen molar-refractivity contribution in [3.63, 3.8) is 0 Å². The quantitative estimate of drug-likeness (QED) is 0.146. The van der Waals surface area contributed by atoms with Gasteiger partial charge in [-0.25, -0.2) is 4.99 Å². The van der Waals surface area contributed by atoms with E-state index in [2.05, 4.69) is 176 Å². The molecule has 6 aromatic carbocycles. The molecule has 0 bridgehead atoms. The van der Waals surface area contributed by atoms with E-state index < -0.39 is 0 Å². The van der Waals surface area contributed by atoms with Gasteiger partial charge in [-0.1, -0.05) is 130 Å². The summed E-state index contributed by atoms with van der Waals surface area (Å²) in [5.74, 6) is 0.902. The molecular formula is C49H40N4. The number of nitrogens with two attached hydrogens (primary N) is 1. The van der Waals surface area contributed by atoms with Crippen molar-refractivity contribution in [1.82, 2.24) is 9.13 Å². The van der Waals surface area contributed by atoms with Crippen molar-refractivity contribution in [2.75, 3.05) is 0 Å². The Labute approximate surface area is 309 Å². The lowest BCUT2D eigenvalue weighted by Crippen LogP contribution is -2.24. The van der Waals surface area contributed by atoms with Crippen molar-refractivity contribution in [3.05, 3.63) is 180 Å². The second kappa shape index (κ2) is 11.6. The van der Waals surface area contributed by atoms with E-state index in [0.717, 1.165) is 56.8 Å². The van der Waals surface area contributed by atoms with E-state index in [-0.39, 0.29) is 5.41 Å². The Kier molecular flexibility index (Phi) is 6.84. The normalized spacial score (nSPS) is 16.6. The van der Waals surface area contributed by atoms with Gasteiger partial charge in [-0.2, -0.15) is 0 Å². The number of nitrogens with zero attached hydrogens (tertiary/aromatic N) is 3. The Bertz CT molecular complexity index is 2930. The van der Waals surface area contributed by atoms with Crippen LogP contribution in [-0.2, 0) is 11.8 Å². The van der Waals surface area contributed by atoms with Crippen LogP contribution < -0.4 is 5.73 Å². The summed E-state index contributed by atoms with van der Waals surface area (Å²) in [6, 6.07) is 47.7. The molecule has 4 nitrogen and oxygen atoms in total. The lowest BCUT2D eigenvalue weighted by Gasteiger charge is -2.26. The maximum atomic E-state index is 7.28. The van der Waals surface area contributed by atoms with Crippen LogP contribution in [-0.4, -0.2) is 15.1 Å². The summed E-state index contributed by atoms with van der Waals surface area (Å²) in [6.07, 6.45) is 5.49. The topological polar surface area (TPSA) is 48.2 Å². The van der Waals surface area contributed by atoms with Gasteiger partial charge in [0.25, 0.3) is 0 Å². The zero-order chi connectivity index (χ0) is 36.0. The number of hydrogen-bond acceptors (Lipinski definition) is 1. The first-order chi connectivity index (χ1) is 25.8. The molecule has 0 spiro atoms. The fraction of sp³-hybridized carbons (Fsp3) is 0.122. The molecule has 2 aliphatic carbocycles. The molecule has 0 radical (unpaired) electrons. The van der Waals surface area contributed by atoms with Crippen LogP contribution in [0, 0.1) is 5.92 Å². The van der Waals surface area contributed by atoms with Crippen molar-refractivity contribution in [1.29, 1.82) is 0 Å². The van der Waals surface area contributed by atoms with Gasteiger partial charge in [-0.05, 0) is 93.4 Å². The van der Waals surface area contributed by atoms with E-state index in [9.17, 15) is 0 Å². The molecule has 2 aliphatic rings. The minimum atomic E-state index is -0.378. The largest absolute Gasteiger partial charge is 0.369 e. The molecule has 1 unspecified atom stereocenters. The molecule has 4 heteroatoms. The number of aromatic nitrogens is 2. The highest BCUT2D eigenvalue weighted by Gasteiger charge is 2.40. The van der Waals surface area contributed by atoms with Crippen molar-refractivity contribution in [3.8, 4) is 5.69 Å². The SMILES string of the molecule is C=C(C1=C(/N=C(\N)n2c3c(c4cc5ccccc5cc42)CC(C)C=C3)c2ccccc2C1(C)C)c1cccc2c1c1ccccc1n2-c1ccccc1. The molecule has 2 aromatic heterocycles. The number of allylic oxidation sites excluding steroid dienone is 3. The highest BCUT2D eigenvalue weighted by atomic mass is 15.2. The van der Waals surface area contributed by atoms with E-state index in [4.69, 9.17) is 17.3 Å². The maximum absolute atomic E-state index is 7.28. The third-order valence-corrected chi connectivity index (χ3v) is 11.6. The molecule has 2 N–H and O–H groups in total. The average molecular weight is 685 g/mol. The molecule has 10 rings (SSSR count). The number of hydrogen-bond donors (Lipinski definition) is 1. The molecule has 256 valence electrons. The second-order valence-electron chi connectivity index (χ2n) is 15.2. The maximum Gasteiger partial charge on any atom is 0.205 e. The van der Waals surface area contributed by atoms with Gasteiger partial charge in [0.1, 0.15) is 0 Å². The van der Waals surface area contributed by atoms with Crippen LogP contribution in [0.5, 0.6) is 0 Å². The molecule has 8 aromatic rings. The van der Waals surface area contributed by atoms with E-state index in [1.807, 2.05) is 0 Å². The Morgan fingerprint density at radius 2 is 1.45 bits per heavy atom. The monoisotopic (exact) mass is 684 g/mol. The molecule has 0 aliphatic heterocycles. The van der Waals surface area contributed by atoms with Crippen molar-refractivity contribution < 1.29 is 0 Å². The highest BCUT2D eigenvalue weighted by molar-refractivity contribution is 6.16. The third-order valence-electron chi connectivity index (χ3n) is 11.6. The van der Waals surface area contributed by atoms with Crippen LogP contribution in [0.2, 0.25) is 0 Å². The standard InChI is InChI=1S/C49H40N4/c1-30-25-26-42-38(27-30)39-28-32-15-8-9-16-33(32)29-44(39)53(42)48(50)51-47-36-19-10-12-22-40(36)49(3,4)46(47)31(2)35-21-14-24-43-45(35)37-20-11-13-23-41(37)52(43)34-17-6-5-7-18-34/h5-26,28-30H,2,27H2,1,3-4H3,(H2,50,51). The first-order valence-electron chi connectivity index (χ1n) is 18.5. The lowest BCUT2D eigenvalue weighted by molar-refractivity contribution is 0.658. The van der Waals surface area contributed by atoms with Gasteiger partial charge in [-0.3, -0.25) is 4.57 Å². The number of aliphatic imine (C=N–C) groups is 1. The molecular weight excluding hydrogens is 645 g/mol. The summed E-state index contributed by atoms with van der Waals surface area (Å²) in [6.45, 7) is 11.8. The summed E-state index contributed by atoms with van der Waals surface area (Å²) >= 11 is 0. The van der Waals surface area contributed by atoms with Crippen LogP contribution in [0.15, 0.2) is 157 Å². The number of para-hydroxylation sites is 2. The zero-order valence-electron chi connectivity index (χ0n) is 30.3. The minimum Gasteiger partial charge on any atom is -0.369 e. The van der Waals surface area contributed by atoms with Crippen LogP contribution in [0.3, 0.4) is 0 Å². The van der Waals surface area contributed by atoms with Gasteiger partial charge in [0.05, 0.1) is 27.9 Å². The number of benzene rings is 6. The Morgan fingerprint density at radius 3 is 2.28 bits per heavy atom. The fourth-order valence-corrected chi connectivity index (χ4v) is 9.20. The Balaban J connectivity index is 1.23. The molecule has 1 atom stereocenters. The van der Waals surface area contributed by atoms with Crippen molar-refractivity contribution in [2.24, 2.45) is 16.6 Å². The molecule has 0 saturated heterocycles. The van der Waals surface area contributed by atoms with Crippen LogP contribution in [0.4, 0.5) is 0 Å². The van der Waals surface area contributed by atoms with Crippen molar-refractivity contribution >= 4 is 66.8 Å². The summed E-state index contributed by atoms with van der Waals surface area (Å²) in [5, 5.41) is 6.03. The Morgan fingerprint density at radius 1 is 0.755 bits per heavy atom. The van der Waals surface area contributed by atoms with E-state index >= 15 is 0 Å². The van der Waals surface area contributed by atoms with Crippen molar-refractivity contribution in [2.45, 2.75) is 32.6 Å². The van der Waals surface area contributed by atoms with E-state index in [1.54, 1.807) is 0 Å². The second-order valence-corrected chi connectivity index (χ2v) is 15.2. The summed E-state index contributed by atoms with van der Waals surface area (Å²) in [4.78, 5) is 5.47. The van der Waals surface area contributed by atoms with Gasteiger partial charge >= 0.3 is 0 Å². The third kappa shape index (κ3) is 4.58. The van der Waals surface area contributed by atoms with Gasteiger partial charge in [0.15, 0.2) is 0 Å². The van der Waals surface area contributed by atoms with E-state index in [1.165, 1.54) is 43.6 Å². The predicted octanol–water partition coefficient (Wildman–Crippen LogP) is 11.7. The predicted molar refractivity (Wildman–Crippen MR) is 225 cm³/mol. The smallest absolute Gasteiger partial charge is 0.205 e. The number of fused-ring (bicyclic) bond motifs is 8. The summed E-state index contributed by atoms with van der Waals surface area (Å²) in [7, 11) is 0. The van der Waals surface area contributed by atoms with Gasteiger partial charge in [0, 0.05) is 32.8 Å². The minimum absolute atomic E-state index is 0.378. The first kappa shape index (κ1) is 31.4. The average Bonchev–Trinajstić information content (AvgIpc) is 3.76. The first-order valence-corrected chi connectivity index (χ1v) is 18.5. The molecule has 53 heavy (non-hydrogen) atoms. The summed E-state index contributed by atoms with van der Waals surface area (Å²) in [5.41, 5.74) is 20.2. The molecule has 2 heterocycles. The highest BCUT2D eigenvalue weighted by Crippen LogP contribution is 2.53.